The van der Waals surface area contributed by atoms with Crippen LogP contribution in [-0.4, -0.2) is 31.1 Å². The molecule has 0 aliphatic carbocycles. The van der Waals surface area contributed by atoms with E-state index in [2.05, 4.69) is 4.72 Å². The van der Waals surface area contributed by atoms with Crippen LogP contribution in [-0.2, 0) is 10.0 Å². The van der Waals surface area contributed by atoms with Crippen LogP contribution < -0.4 is 4.72 Å². The molecule has 1 unspecified atom stereocenters. The van der Waals surface area contributed by atoms with Crippen LogP contribution in [0, 0.1) is 24.0 Å². The van der Waals surface area contributed by atoms with Gasteiger partial charge in [-0.05, 0) is 31.9 Å². The fraction of sp³-hybridized carbons (Fsp3) is 0.455. The molecular weight excluding hydrogens is 272 g/mol. The predicted octanol–water partition coefficient (Wildman–Crippen LogP) is 0.871. The van der Waals surface area contributed by atoms with Gasteiger partial charge in [-0.1, -0.05) is 6.07 Å². The van der Waals surface area contributed by atoms with Gasteiger partial charge in [0.15, 0.2) is 4.90 Å². The Bertz CT molecular complexity index is 597. The number of nitro benzene ring substituents is 1. The Morgan fingerprint density at radius 3 is 2.47 bits per heavy atom. The normalized spacial score (nSPS) is 13.3. The quantitative estimate of drug-likeness (QED) is 0.617. The zero-order valence-electron chi connectivity index (χ0n) is 10.9. The van der Waals surface area contributed by atoms with Crippen LogP contribution in [0.25, 0.3) is 0 Å². The minimum Gasteiger partial charge on any atom is -0.395 e. The molecule has 0 saturated heterocycles. The van der Waals surface area contributed by atoms with Crippen molar-refractivity contribution in [2.45, 2.75) is 31.7 Å². The van der Waals surface area contributed by atoms with Crippen molar-refractivity contribution >= 4 is 15.7 Å². The van der Waals surface area contributed by atoms with E-state index in [1.807, 2.05) is 0 Å². The summed E-state index contributed by atoms with van der Waals surface area (Å²) in [7, 11) is -4.05. The van der Waals surface area contributed by atoms with Crippen molar-refractivity contribution in [3.63, 3.8) is 0 Å². The molecule has 106 valence electrons. The van der Waals surface area contributed by atoms with Crippen molar-refractivity contribution in [2.75, 3.05) is 6.61 Å². The Labute approximate surface area is 111 Å². The first-order valence-electron chi connectivity index (χ1n) is 5.58. The topological polar surface area (TPSA) is 110 Å². The van der Waals surface area contributed by atoms with Gasteiger partial charge in [0.05, 0.1) is 11.5 Å². The summed E-state index contributed by atoms with van der Waals surface area (Å²) in [5.41, 5.74) is 0.442. The smallest absolute Gasteiger partial charge is 0.289 e. The number of hydrogen-bond donors (Lipinski definition) is 2. The molecule has 1 aromatic carbocycles. The molecule has 0 spiro atoms. The molecule has 0 saturated carbocycles. The van der Waals surface area contributed by atoms with Gasteiger partial charge in [0, 0.05) is 12.1 Å². The molecule has 0 radical (unpaired) electrons. The second-order valence-electron chi connectivity index (χ2n) is 4.39. The van der Waals surface area contributed by atoms with E-state index in [-0.39, 0.29) is 4.90 Å². The minimum absolute atomic E-state index is 0.296. The molecule has 1 rings (SSSR count). The van der Waals surface area contributed by atoms with Crippen LogP contribution in [0.15, 0.2) is 17.0 Å². The molecule has 0 fully saturated rings. The number of aliphatic hydroxyl groups excluding tert-OH is 1. The number of aliphatic hydroxyl groups is 1. The Morgan fingerprint density at radius 2 is 2.00 bits per heavy atom. The monoisotopic (exact) mass is 288 g/mol. The molecular formula is C11H16N2O5S. The summed E-state index contributed by atoms with van der Waals surface area (Å²) in [5, 5.41) is 19.9. The number of aryl methyl sites for hydroxylation is 2. The summed E-state index contributed by atoms with van der Waals surface area (Å²) < 4.78 is 26.5. The largest absolute Gasteiger partial charge is 0.395 e. The number of nitrogens with one attached hydrogen (secondary N) is 1. The second-order valence-corrected chi connectivity index (χ2v) is 6.04. The van der Waals surface area contributed by atoms with E-state index in [1.165, 1.54) is 19.9 Å². The van der Waals surface area contributed by atoms with Gasteiger partial charge in [-0.2, -0.15) is 0 Å². The lowest BCUT2D eigenvalue weighted by atomic mass is 10.1. The summed E-state index contributed by atoms with van der Waals surface area (Å²) in [5.74, 6) is 0. The van der Waals surface area contributed by atoms with E-state index in [4.69, 9.17) is 5.11 Å². The molecule has 1 aromatic rings. The predicted molar refractivity (Wildman–Crippen MR) is 69.4 cm³/mol. The lowest BCUT2D eigenvalue weighted by molar-refractivity contribution is -0.388. The van der Waals surface area contributed by atoms with Crippen LogP contribution in [0.4, 0.5) is 5.69 Å². The maximum atomic E-state index is 12.1. The molecule has 1 atom stereocenters. The van der Waals surface area contributed by atoms with E-state index in [1.54, 1.807) is 13.0 Å². The van der Waals surface area contributed by atoms with Crippen LogP contribution >= 0.6 is 0 Å². The van der Waals surface area contributed by atoms with Gasteiger partial charge in [0.1, 0.15) is 0 Å². The Balaban J connectivity index is 3.45. The van der Waals surface area contributed by atoms with E-state index >= 15 is 0 Å². The fourth-order valence-electron chi connectivity index (χ4n) is 1.78. The third-order valence-electron chi connectivity index (χ3n) is 2.49. The summed E-state index contributed by atoms with van der Waals surface area (Å²) in [6.45, 7) is 4.23. The highest BCUT2D eigenvalue weighted by Crippen LogP contribution is 2.28. The van der Waals surface area contributed by atoms with Crippen molar-refractivity contribution in [1.82, 2.24) is 4.72 Å². The van der Waals surface area contributed by atoms with Gasteiger partial charge < -0.3 is 5.11 Å². The summed E-state index contributed by atoms with van der Waals surface area (Å²) >= 11 is 0. The lowest BCUT2D eigenvalue weighted by Gasteiger charge is -2.13. The standard InChI is InChI=1S/C11H16N2O5S/c1-7-4-8(2)11(10(5-7)13(15)16)19(17,18)12-9(3)6-14/h4-5,9,12,14H,6H2,1-3H3. The first kappa shape index (κ1) is 15.5. The summed E-state index contributed by atoms with van der Waals surface area (Å²) in [6, 6.07) is 2.06. The van der Waals surface area contributed by atoms with Crippen molar-refractivity contribution in [3.05, 3.63) is 33.4 Å². The average molecular weight is 288 g/mol. The Kier molecular flexibility index (Phi) is 4.61. The van der Waals surface area contributed by atoms with Crippen molar-refractivity contribution in [2.24, 2.45) is 0 Å². The lowest BCUT2D eigenvalue weighted by Crippen LogP contribution is -2.35. The van der Waals surface area contributed by atoms with Crippen molar-refractivity contribution in [1.29, 1.82) is 0 Å². The first-order chi connectivity index (χ1) is 8.69. The fourth-order valence-corrected chi connectivity index (χ4v) is 3.39. The van der Waals surface area contributed by atoms with Crippen LogP contribution in [0.3, 0.4) is 0 Å². The highest BCUT2D eigenvalue weighted by atomic mass is 32.2. The minimum atomic E-state index is -4.05. The average Bonchev–Trinajstić information content (AvgIpc) is 2.26. The molecule has 0 aliphatic heterocycles. The van der Waals surface area contributed by atoms with E-state index in [0.717, 1.165) is 0 Å². The third kappa shape index (κ3) is 3.49. The van der Waals surface area contributed by atoms with Gasteiger partial charge in [-0.15, -0.1) is 0 Å². The second kappa shape index (κ2) is 5.64. The van der Waals surface area contributed by atoms with E-state index < -0.39 is 33.3 Å². The molecule has 19 heavy (non-hydrogen) atoms. The van der Waals surface area contributed by atoms with Gasteiger partial charge in [-0.25, -0.2) is 13.1 Å². The molecule has 0 bridgehead atoms. The Morgan fingerprint density at radius 1 is 1.42 bits per heavy atom. The molecule has 2 N–H and O–H groups in total. The number of hydrogen-bond acceptors (Lipinski definition) is 5. The number of nitro groups is 1. The summed E-state index contributed by atoms with van der Waals surface area (Å²) in [4.78, 5) is 9.91. The summed E-state index contributed by atoms with van der Waals surface area (Å²) in [6.07, 6.45) is 0. The molecule has 0 heterocycles. The molecule has 0 amide bonds. The number of rotatable bonds is 5. The molecule has 7 nitrogen and oxygen atoms in total. The molecule has 8 heteroatoms. The van der Waals surface area contributed by atoms with Crippen molar-refractivity contribution in [3.8, 4) is 0 Å². The van der Waals surface area contributed by atoms with Crippen LogP contribution in [0.1, 0.15) is 18.1 Å². The zero-order chi connectivity index (χ0) is 14.8. The maximum absolute atomic E-state index is 12.1. The highest BCUT2D eigenvalue weighted by Gasteiger charge is 2.29. The van der Waals surface area contributed by atoms with Gasteiger partial charge in [0.2, 0.25) is 10.0 Å². The van der Waals surface area contributed by atoms with E-state index in [0.29, 0.717) is 11.1 Å². The highest BCUT2D eigenvalue weighted by molar-refractivity contribution is 7.89. The first-order valence-corrected chi connectivity index (χ1v) is 7.06. The SMILES string of the molecule is Cc1cc(C)c(S(=O)(=O)NC(C)CO)c([N+](=O)[O-])c1. The maximum Gasteiger partial charge on any atom is 0.289 e. The van der Waals surface area contributed by atoms with Gasteiger partial charge >= 0.3 is 0 Å². The number of sulfonamides is 1. The number of nitrogens with zero attached hydrogens (tertiary/aromatic N) is 1. The molecule has 0 aromatic heterocycles. The van der Waals surface area contributed by atoms with Crippen LogP contribution in [0.5, 0.6) is 0 Å². The van der Waals surface area contributed by atoms with Crippen molar-refractivity contribution < 1.29 is 18.4 Å². The molecule has 0 aliphatic rings. The van der Waals surface area contributed by atoms with Crippen LogP contribution in [0.2, 0.25) is 0 Å². The van der Waals surface area contributed by atoms with Gasteiger partial charge in [0.25, 0.3) is 5.69 Å². The third-order valence-corrected chi connectivity index (χ3v) is 4.28. The zero-order valence-corrected chi connectivity index (χ0v) is 11.7. The van der Waals surface area contributed by atoms with E-state index in [9.17, 15) is 18.5 Å². The van der Waals surface area contributed by atoms with Gasteiger partial charge in [-0.3, -0.25) is 10.1 Å². The number of benzene rings is 1. The Hall–Kier alpha value is -1.51.